The van der Waals surface area contributed by atoms with Crippen molar-refractivity contribution in [1.82, 2.24) is 4.98 Å². The Kier molecular flexibility index (Phi) is 3.39. The second-order valence-corrected chi connectivity index (χ2v) is 6.68. The highest BCUT2D eigenvalue weighted by Gasteiger charge is 2.36. The standard InChI is InChI=1S/C23H18N2O/c26-23(16-8-2-1-3-9-16)25-21-13-7-4-10-17(21)14-22(25)19-15-24-20-12-6-5-11-18(19)20/h1-13,15,22,24H,14H2. The molecule has 3 aromatic carbocycles. The van der Waals surface area contributed by atoms with E-state index in [-0.39, 0.29) is 11.9 Å². The van der Waals surface area contributed by atoms with Crippen LogP contribution in [-0.4, -0.2) is 10.9 Å². The van der Waals surface area contributed by atoms with Gasteiger partial charge in [-0.2, -0.15) is 0 Å². The molecule has 0 aliphatic carbocycles. The lowest BCUT2D eigenvalue weighted by Crippen LogP contribution is -2.32. The molecule has 1 aliphatic rings. The maximum atomic E-state index is 13.4. The van der Waals surface area contributed by atoms with Gasteiger partial charge in [0.15, 0.2) is 0 Å². The first kappa shape index (κ1) is 15.0. The van der Waals surface area contributed by atoms with Crippen molar-refractivity contribution in [3.05, 3.63) is 102 Å². The molecule has 5 rings (SSSR count). The van der Waals surface area contributed by atoms with Crippen molar-refractivity contribution in [3.63, 3.8) is 0 Å². The normalized spacial score (nSPS) is 16.0. The van der Waals surface area contributed by atoms with Crippen LogP contribution in [0.1, 0.15) is 27.5 Å². The number of aromatic nitrogens is 1. The van der Waals surface area contributed by atoms with E-state index >= 15 is 0 Å². The summed E-state index contributed by atoms with van der Waals surface area (Å²) in [6.07, 6.45) is 2.88. The minimum Gasteiger partial charge on any atom is -0.361 e. The van der Waals surface area contributed by atoms with Gasteiger partial charge in [-0.05, 0) is 36.2 Å². The van der Waals surface area contributed by atoms with Gasteiger partial charge in [0.05, 0.1) is 6.04 Å². The number of para-hydroxylation sites is 2. The fourth-order valence-electron chi connectivity index (χ4n) is 3.98. The number of carbonyl (C=O) groups excluding carboxylic acids is 1. The van der Waals surface area contributed by atoms with Crippen LogP contribution < -0.4 is 4.90 Å². The number of hydrogen-bond acceptors (Lipinski definition) is 1. The lowest BCUT2D eigenvalue weighted by atomic mass is 10.0. The van der Waals surface area contributed by atoms with Crippen LogP contribution in [0.2, 0.25) is 0 Å². The number of nitrogens with one attached hydrogen (secondary N) is 1. The second-order valence-electron chi connectivity index (χ2n) is 6.68. The zero-order chi connectivity index (χ0) is 17.5. The summed E-state index contributed by atoms with van der Waals surface area (Å²) >= 11 is 0. The highest BCUT2D eigenvalue weighted by atomic mass is 16.2. The van der Waals surface area contributed by atoms with Crippen LogP contribution in [0.25, 0.3) is 10.9 Å². The summed E-state index contributed by atoms with van der Waals surface area (Å²) in [7, 11) is 0. The minimum absolute atomic E-state index is 0.00347. The number of amides is 1. The quantitative estimate of drug-likeness (QED) is 0.541. The average molecular weight is 338 g/mol. The predicted octanol–water partition coefficient (Wildman–Crippen LogP) is 5.11. The van der Waals surface area contributed by atoms with Crippen molar-refractivity contribution in [1.29, 1.82) is 0 Å². The molecule has 0 fully saturated rings. The first-order valence-electron chi connectivity index (χ1n) is 8.85. The van der Waals surface area contributed by atoms with Crippen LogP contribution in [0.3, 0.4) is 0 Å². The molecule has 0 saturated carbocycles. The Morgan fingerprint density at radius 2 is 1.62 bits per heavy atom. The van der Waals surface area contributed by atoms with Crippen molar-refractivity contribution in [2.75, 3.05) is 4.90 Å². The molecule has 26 heavy (non-hydrogen) atoms. The Morgan fingerprint density at radius 1 is 0.885 bits per heavy atom. The molecule has 0 bridgehead atoms. The van der Waals surface area contributed by atoms with E-state index in [1.165, 1.54) is 16.5 Å². The number of H-pyrrole nitrogens is 1. The fraction of sp³-hybridized carbons (Fsp3) is 0.0870. The van der Waals surface area contributed by atoms with Crippen LogP contribution in [0.5, 0.6) is 0 Å². The Bertz CT molecular complexity index is 1100. The molecule has 1 amide bonds. The van der Waals surface area contributed by atoms with E-state index in [9.17, 15) is 4.79 Å². The van der Waals surface area contributed by atoms with Crippen molar-refractivity contribution in [2.24, 2.45) is 0 Å². The highest BCUT2D eigenvalue weighted by Crippen LogP contribution is 2.43. The zero-order valence-electron chi connectivity index (χ0n) is 14.2. The van der Waals surface area contributed by atoms with Crippen LogP contribution in [0.4, 0.5) is 5.69 Å². The van der Waals surface area contributed by atoms with Crippen LogP contribution >= 0.6 is 0 Å². The van der Waals surface area contributed by atoms with E-state index in [0.29, 0.717) is 5.56 Å². The third-order valence-electron chi connectivity index (χ3n) is 5.20. The van der Waals surface area contributed by atoms with Gasteiger partial charge in [-0.3, -0.25) is 4.79 Å². The van der Waals surface area contributed by atoms with E-state index in [0.717, 1.165) is 17.6 Å². The number of aromatic amines is 1. The Hall–Kier alpha value is -3.33. The van der Waals surface area contributed by atoms with E-state index in [1.54, 1.807) is 0 Å². The number of carbonyl (C=O) groups is 1. The largest absolute Gasteiger partial charge is 0.361 e. The molecule has 0 spiro atoms. The molecule has 1 aromatic heterocycles. The van der Waals surface area contributed by atoms with E-state index in [4.69, 9.17) is 0 Å². The number of rotatable bonds is 2. The van der Waals surface area contributed by atoms with Gasteiger partial charge in [-0.1, -0.05) is 54.6 Å². The SMILES string of the molecule is O=C(c1ccccc1)N1c2ccccc2CC1c1c[nH]c2ccccc12. The predicted molar refractivity (Wildman–Crippen MR) is 104 cm³/mol. The summed E-state index contributed by atoms with van der Waals surface area (Å²) < 4.78 is 0. The summed E-state index contributed by atoms with van der Waals surface area (Å²) in [6.45, 7) is 0. The van der Waals surface area contributed by atoms with E-state index < -0.39 is 0 Å². The summed E-state index contributed by atoms with van der Waals surface area (Å²) in [6, 6.07) is 26.0. The Labute approximate surface area is 151 Å². The van der Waals surface area contributed by atoms with E-state index in [2.05, 4.69) is 23.2 Å². The number of anilines is 1. The molecule has 126 valence electrons. The molecule has 1 unspecified atom stereocenters. The lowest BCUT2D eigenvalue weighted by Gasteiger charge is -2.25. The molecule has 3 heteroatoms. The maximum absolute atomic E-state index is 13.4. The van der Waals surface area contributed by atoms with Gasteiger partial charge >= 0.3 is 0 Å². The van der Waals surface area contributed by atoms with Gasteiger partial charge in [0, 0.05) is 33.9 Å². The average Bonchev–Trinajstić information content (AvgIpc) is 3.29. The Balaban J connectivity index is 1.66. The molecular formula is C23H18N2O. The first-order chi connectivity index (χ1) is 12.8. The molecule has 0 saturated heterocycles. The smallest absolute Gasteiger partial charge is 0.258 e. The van der Waals surface area contributed by atoms with Gasteiger partial charge in [0.25, 0.3) is 5.91 Å². The molecule has 2 heterocycles. The molecule has 1 N–H and O–H groups in total. The minimum atomic E-state index is -0.00347. The summed E-state index contributed by atoms with van der Waals surface area (Å²) in [5.74, 6) is 0.0471. The summed E-state index contributed by atoms with van der Waals surface area (Å²) in [5.41, 5.74) is 5.21. The lowest BCUT2D eigenvalue weighted by molar-refractivity contribution is 0.0979. The molecule has 1 aliphatic heterocycles. The number of fused-ring (bicyclic) bond motifs is 2. The van der Waals surface area contributed by atoms with Gasteiger partial charge in [-0.15, -0.1) is 0 Å². The molecule has 4 aromatic rings. The van der Waals surface area contributed by atoms with Crippen LogP contribution in [0.15, 0.2) is 85.1 Å². The molecule has 1 atom stereocenters. The van der Waals surface area contributed by atoms with Crippen molar-refractivity contribution in [2.45, 2.75) is 12.5 Å². The van der Waals surface area contributed by atoms with Crippen LogP contribution in [0, 0.1) is 0 Å². The summed E-state index contributed by atoms with van der Waals surface area (Å²) in [4.78, 5) is 18.7. The van der Waals surface area contributed by atoms with Gasteiger partial charge in [0.1, 0.15) is 0 Å². The topological polar surface area (TPSA) is 36.1 Å². The van der Waals surface area contributed by atoms with Gasteiger partial charge in [-0.25, -0.2) is 0 Å². The third-order valence-corrected chi connectivity index (χ3v) is 5.20. The van der Waals surface area contributed by atoms with Crippen molar-refractivity contribution < 1.29 is 4.79 Å². The Morgan fingerprint density at radius 3 is 2.50 bits per heavy atom. The number of hydrogen-bond donors (Lipinski definition) is 1. The van der Waals surface area contributed by atoms with E-state index in [1.807, 2.05) is 71.8 Å². The van der Waals surface area contributed by atoms with Crippen molar-refractivity contribution >= 4 is 22.5 Å². The third kappa shape index (κ3) is 2.25. The van der Waals surface area contributed by atoms with Gasteiger partial charge in [0.2, 0.25) is 0 Å². The van der Waals surface area contributed by atoms with Crippen molar-refractivity contribution in [3.8, 4) is 0 Å². The summed E-state index contributed by atoms with van der Waals surface area (Å²) in [5, 5.41) is 1.18. The molecular weight excluding hydrogens is 320 g/mol. The highest BCUT2D eigenvalue weighted by molar-refractivity contribution is 6.08. The second kappa shape index (κ2) is 5.88. The van der Waals surface area contributed by atoms with Gasteiger partial charge < -0.3 is 9.88 Å². The zero-order valence-corrected chi connectivity index (χ0v) is 14.2. The maximum Gasteiger partial charge on any atom is 0.258 e. The van der Waals surface area contributed by atoms with Crippen LogP contribution in [-0.2, 0) is 6.42 Å². The number of benzene rings is 3. The fourth-order valence-corrected chi connectivity index (χ4v) is 3.98. The molecule has 0 radical (unpaired) electrons. The monoisotopic (exact) mass is 338 g/mol. The molecule has 3 nitrogen and oxygen atoms in total. The number of nitrogens with zero attached hydrogens (tertiary/aromatic N) is 1. The first-order valence-corrected chi connectivity index (χ1v) is 8.85.